The monoisotopic (exact) mass is 244 g/mol. The topological polar surface area (TPSA) is 33.2 Å². The van der Waals surface area contributed by atoms with Gasteiger partial charge in [0.1, 0.15) is 4.88 Å². The Bertz CT molecular complexity index is 389. The predicted octanol–water partition coefficient (Wildman–Crippen LogP) is 2.85. The molecule has 2 heterocycles. The van der Waals surface area contributed by atoms with Gasteiger partial charge in [-0.2, -0.15) is 0 Å². The number of aromatic nitrogens is 1. The van der Waals surface area contributed by atoms with Crippen molar-refractivity contribution in [1.82, 2.24) is 4.98 Å². The Morgan fingerprint density at radius 2 is 2.33 bits per heavy atom. The lowest BCUT2D eigenvalue weighted by atomic mass is 9.93. The van der Waals surface area contributed by atoms with Crippen LogP contribution in [0.3, 0.4) is 0 Å². The zero-order valence-corrected chi connectivity index (χ0v) is 10.4. The van der Waals surface area contributed by atoms with Crippen LogP contribution in [0, 0.1) is 5.41 Å². The highest BCUT2D eigenvalue weighted by molar-refractivity contribution is 7.17. The van der Waals surface area contributed by atoms with Crippen LogP contribution in [0.4, 0.5) is 5.13 Å². The fourth-order valence-corrected chi connectivity index (χ4v) is 2.87. The maximum atomic E-state index is 10.7. The molecular formula is C10H13ClN2OS. The second kappa shape index (κ2) is 3.76. The van der Waals surface area contributed by atoms with Crippen LogP contribution in [-0.2, 0) is 0 Å². The number of carbonyl (C=O) groups excluding carboxylic acids is 1. The number of carbonyl (C=O) groups is 1. The molecule has 1 saturated heterocycles. The van der Waals surface area contributed by atoms with Crippen molar-refractivity contribution in [2.45, 2.75) is 20.3 Å². The summed E-state index contributed by atoms with van der Waals surface area (Å²) < 4.78 is 0. The van der Waals surface area contributed by atoms with Crippen LogP contribution in [0.2, 0.25) is 5.15 Å². The van der Waals surface area contributed by atoms with E-state index in [1.807, 2.05) is 0 Å². The molecule has 1 aromatic rings. The predicted molar refractivity (Wildman–Crippen MR) is 63.1 cm³/mol. The first kappa shape index (κ1) is 10.9. The number of halogens is 1. The van der Waals surface area contributed by atoms with E-state index in [2.05, 4.69) is 23.7 Å². The second-order valence-corrected chi connectivity index (χ2v) is 5.97. The minimum absolute atomic E-state index is 0.328. The third kappa shape index (κ3) is 2.16. The number of hydrogen-bond acceptors (Lipinski definition) is 4. The van der Waals surface area contributed by atoms with Gasteiger partial charge in [0.25, 0.3) is 0 Å². The molecular weight excluding hydrogens is 232 g/mol. The summed E-state index contributed by atoms with van der Waals surface area (Å²) >= 11 is 7.21. The number of nitrogens with zero attached hydrogens (tertiary/aromatic N) is 2. The van der Waals surface area contributed by atoms with Gasteiger partial charge in [0, 0.05) is 13.1 Å². The normalized spacial score (nSPS) is 19.5. The lowest BCUT2D eigenvalue weighted by molar-refractivity contribution is 0.112. The van der Waals surface area contributed by atoms with Crippen LogP contribution < -0.4 is 4.90 Å². The van der Waals surface area contributed by atoms with Crippen molar-refractivity contribution in [2.75, 3.05) is 18.0 Å². The minimum Gasteiger partial charge on any atom is -0.347 e. The summed E-state index contributed by atoms with van der Waals surface area (Å²) in [4.78, 5) is 17.6. The molecule has 0 spiro atoms. The van der Waals surface area contributed by atoms with Gasteiger partial charge < -0.3 is 4.90 Å². The van der Waals surface area contributed by atoms with E-state index in [1.165, 1.54) is 11.3 Å². The van der Waals surface area contributed by atoms with Gasteiger partial charge in [-0.05, 0) is 11.8 Å². The fourth-order valence-electron chi connectivity index (χ4n) is 1.79. The Balaban J connectivity index is 2.20. The summed E-state index contributed by atoms with van der Waals surface area (Å²) in [6, 6.07) is 0. The number of thiazole rings is 1. The smallest absolute Gasteiger partial charge is 0.187 e. The Morgan fingerprint density at radius 1 is 1.60 bits per heavy atom. The average Bonchev–Trinajstić information content (AvgIpc) is 2.69. The van der Waals surface area contributed by atoms with Gasteiger partial charge in [0.2, 0.25) is 0 Å². The van der Waals surface area contributed by atoms with Crippen molar-refractivity contribution >= 4 is 34.4 Å². The molecule has 0 atom stereocenters. The molecule has 0 radical (unpaired) electrons. The minimum atomic E-state index is 0.328. The van der Waals surface area contributed by atoms with Crippen LogP contribution in [-0.4, -0.2) is 24.4 Å². The van der Waals surface area contributed by atoms with Crippen molar-refractivity contribution in [2.24, 2.45) is 5.41 Å². The third-order valence-corrected chi connectivity index (χ3v) is 4.10. The third-order valence-electron chi connectivity index (χ3n) is 2.65. The van der Waals surface area contributed by atoms with Crippen molar-refractivity contribution in [1.29, 1.82) is 0 Å². The first-order valence-electron chi connectivity index (χ1n) is 4.88. The maximum Gasteiger partial charge on any atom is 0.187 e. The summed E-state index contributed by atoms with van der Waals surface area (Å²) in [7, 11) is 0. The number of aldehydes is 1. The quantitative estimate of drug-likeness (QED) is 0.750. The van der Waals surface area contributed by atoms with E-state index < -0.39 is 0 Å². The zero-order valence-electron chi connectivity index (χ0n) is 8.79. The van der Waals surface area contributed by atoms with Crippen molar-refractivity contribution in [3.05, 3.63) is 10.0 Å². The molecule has 0 amide bonds. The van der Waals surface area contributed by atoms with Crippen LogP contribution in [0.1, 0.15) is 29.9 Å². The van der Waals surface area contributed by atoms with E-state index in [0.717, 1.165) is 30.9 Å². The maximum absolute atomic E-state index is 10.7. The molecule has 0 unspecified atom stereocenters. The zero-order chi connectivity index (χ0) is 11.1. The Kier molecular flexibility index (Phi) is 2.73. The fraction of sp³-hybridized carbons (Fsp3) is 0.600. The van der Waals surface area contributed by atoms with Gasteiger partial charge in [-0.3, -0.25) is 4.79 Å². The lowest BCUT2D eigenvalue weighted by Gasteiger charge is -2.18. The highest BCUT2D eigenvalue weighted by atomic mass is 35.5. The van der Waals surface area contributed by atoms with Crippen LogP contribution in [0.25, 0.3) is 0 Å². The van der Waals surface area contributed by atoms with Gasteiger partial charge in [-0.15, -0.1) is 0 Å². The van der Waals surface area contributed by atoms with E-state index in [0.29, 0.717) is 15.4 Å². The van der Waals surface area contributed by atoms with Gasteiger partial charge in [0.15, 0.2) is 16.6 Å². The average molecular weight is 245 g/mol. The van der Waals surface area contributed by atoms with E-state index in [4.69, 9.17) is 11.6 Å². The summed E-state index contributed by atoms with van der Waals surface area (Å²) in [5.41, 5.74) is 0.333. The largest absolute Gasteiger partial charge is 0.347 e. The Morgan fingerprint density at radius 3 is 2.80 bits per heavy atom. The van der Waals surface area contributed by atoms with Crippen LogP contribution in [0.15, 0.2) is 0 Å². The second-order valence-electron chi connectivity index (χ2n) is 4.61. The summed E-state index contributed by atoms with van der Waals surface area (Å²) in [5, 5.41) is 1.20. The van der Waals surface area contributed by atoms with Crippen molar-refractivity contribution < 1.29 is 4.79 Å². The molecule has 5 heteroatoms. The Labute approximate surface area is 98.1 Å². The van der Waals surface area contributed by atoms with E-state index in [-0.39, 0.29) is 0 Å². The molecule has 82 valence electrons. The molecule has 0 saturated carbocycles. The van der Waals surface area contributed by atoms with Gasteiger partial charge in [-0.25, -0.2) is 4.98 Å². The standard InChI is InChI=1S/C10H13ClN2OS/c1-10(2)3-4-13(6-10)9-12-8(11)7(5-14)15-9/h5H,3-4,6H2,1-2H3. The van der Waals surface area contributed by atoms with Crippen LogP contribution >= 0.6 is 22.9 Å². The number of hydrogen-bond donors (Lipinski definition) is 0. The SMILES string of the molecule is CC1(C)CCN(c2nc(Cl)c(C=O)s2)C1. The molecule has 0 aromatic carbocycles. The molecule has 3 nitrogen and oxygen atoms in total. The molecule has 2 rings (SSSR count). The highest BCUT2D eigenvalue weighted by Gasteiger charge is 2.31. The van der Waals surface area contributed by atoms with Crippen molar-refractivity contribution in [3.63, 3.8) is 0 Å². The Hall–Kier alpha value is -0.610. The molecule has 1 aliphatic heterocycles. The highest BCUT2D eigenvalue weighted by Crippen LogP contribution is 2.36. The molecule has 0 N–H and O–H groups in total. The summed E-state index contributed by atoms with van der Waals surface area (Å²) in [6.45, 7) is 6.45. The summed E-state index contributed by atoms with van der Waals surface area (Å²) in [6.07, 6.45) is 1.92. The summed E-state index contributed by atoms with van der Waals surface area (Å²) in [5.74, 6) is 0. The molecule has 1 fully saturated rings. The van der Waals surface area contributed by atoms with E-state index >= 15 is 0 Å². The lowest BCUT2D eigenvalue weighted by Crippen LogP contribution is -2.22. The first-order chi connectivity index (χ1) is 7.02. The van der Waals surface area contributed by atoms with Gasteiger partial charge >= 0.3 is 0 Å². The van der Waals surface area contributed by atoms with Gasteiger partial charge in [0.05, 0.1) is 0 Å². The van der Waals surface area contributed by atoms with Crippen molar-refractivity contribution in [3.8, 4) is 0 Å². The van der Waals surface area contributed by atoms with Gasteiger partial charge in [-0.1, -0.05) is 36.8 Å². The molecule has 1 aliphatic rings. The van der Waals surface area contributed by atoms with Crippen LogP contribution in [0.5, 0.6) is 0 Å². The molecule has 0 aliphatic carbocycles. The molecule has 1 aromatic heterocycles. The molecule has 0 bridgehead atoms. The first-order valence-corrected chi connectivity index (χ1v) is 6.08. The van der Waals surface area contributed by atoms with E-state index in [9.17, 15) is 4.79 Å². The number of rotatable bonds is 2. The van der Waals surface area contributed by atoms with E-state index in [1.54, 1.807) is 0 Å². The molecule has 15 heavy (non-hydrogen) atoms. The number of anilines is 1.